The lowest BCUT2D eigenvalue weighted by molar-refractivity contribution is 0.0935. The van der Waals surface area contributed by atoms with Crippen LogP contribution in [0.25, 0.3) is 10.6 Å². The summed E-state index contributed by atoms with van der Waals surface area (Å²) in [4.78, 5) is 16.6. The minimum atomic E-state index is -0.689. The maximum atomic E-state index is 13.8. The van der Waals surface area contributed by atoms with E-state index in [4.69, 9.17) is 0 Å². The number of halogens is 2. The summed E-state index contributed by atoms with van der Waals surface area (Å²) < 4.78 is 26.7. The fourth-order valence-corrected chi connectivity index (χ4v) is 3.10. The third-order valence-electron chi connectivity index (χ3n) is 3.53. The Morgan fingerprint density at radius 1 is 1.17 bits per heavy atom. The first kappa shape index (κ1) is 16.3. The Hall–Kier alpha value is -2.60. The van der Waals surface area contributed by atoms with Gasteiger partial charge >= 0.3 is 0 Å². The van der Waals surface area contributed by atoms with Gasteiger partial charge in [-0.05, 0) is 13.0 Å². The topological polar surface area (TPSA) is 42.0 Å². The monoisotopic (exact) mass is 344 g/mol. The quantitative estimate of drug-likeness (QED) is 0.753. The van der Waals surface area contributed by atoms with Crippen molar-refractivity contribution in [3.8, 4) is 10.6 Å². The molecule has 3 rings (SSSR count). The number of nitrogens with zero attached hydrogens (tertiary/aromatic N) is 1. The molecule has 1 heterocycles. The van der Waals surface area contributed by atoms with Crippen LogP contribution in [0.4, 0.5) is 8.78 Å². The molecule has 2 aromatic carbocycles. The van der Waals surface area contributed by atoms with Gasteiger partial charge in [0.25, 0.3) is 5.91 Å². The van der Waals surface area contributed by atoms with E-state index in [0.29, 0.717) is 0 Å². The summed E-state index contributed by atoms with van der Waals surface area (Å²) in [5.74, 6) is -1.74. The van der Waals surface area contributed by atoms with E-state index in [9.17, 15) is 13.6 Å². The van der Waals surface area contributed by atoms with Gasteiger partial charge in [0.2, 0.25) is 0 Å². The molecule has 1 atom stereocenters. The van der Waals surface area contributed by atoms with E-state index >= 15 is 0 Å². The zero-order valence-electron chi connectivity index (χ0n) is 12.8. The molecule has 1 amide bonds. The first-order valence-corrected chi connectivity index (χ1v) is 8.19. The third-order valence-corrected chi connectivity index (χ3v) is 4.43. The van der Waals surface area contributed by atoms with Gasteiger partial charge in [0.05, 0.1) is 6.04 Å². The van der Waals surface area contributed by atoms with Gasteiger partial charge in [-0.3, -0.25) is 4.79 Å². The molecule has 0 unspecified atom stereocenters. The van der Waals surface area contributed by atoms with Crippen LogP contribution in [0.5, 0.6) is 0 Å². The summed E-state index contributed by atoms with van der Waals surface area (Å²) in [6.45, 7) is 1.64. The molecule has 3 nitrogen and oxygen atoms in total. The number of amides is 1. The van der Waals surface area contributed by atoms with Gasteiger partial charge in [0, 0.05) is 22.6 Å². The maximum Gasteiger partial charge on any atom is 0.271 e. The average molecular weight is 344 g/mol. The number of rotatable bonds is 4. The lowest BCUT2D eigenvalue weighted by Crippen LogP contribution is -2.27. The van der Waals surface area contributed by atoms with E-state index in [1.165, 1.54) is 17.4 Å². The van der Waals surface area contributed by atoms with Crippen molar-refractivity contribution in [1.82, 2.24) is 10.3 Å². The molecule has 0 bridgehead atoms. The summed E-state index contributed by atoms with van der Waals surface area (Å²) in [7, 11) is 0. The number of hydrogen-bond acceptors (Lipinski definition) is 3. The molecule has 0 aliphatic rings. The molecule has 0 radical (unpaired) electrons. The molecule has 1 N–H and O–H groups in total. The Kier molecular flexibility index (Phi) is 4.66. The van der Waals surface area contributed by atoms with Crippen LogP contribution in [0.1, 0.15) is 29.0 Å². The Bertz CT molecular complexity index is 864. The smallest absolute Gasteiger partial charge is 0.271 e. The second kappa shape index (κ2) is 6.88. The minimum absolute atomic E-state index is 0.225. The predicted octanol–water partition coefficient (Wildman–Crippen LogP) is 4.58. The molecule has 3 aromatic rings. The fraction of sp³-hybridized carbons (Fsp3) is 0.111. The van der Waals surface area contributed by atoms with E-state index < -0.39 is 23.6 Å². The second-order valence-corrected chi connectivity index (χ2v) is 6.12. The highest BCUT2D eigenvalue weighted by molar-refractivity contribution is 7.13. The molecule has 0 aliphatic carbocycles. The van der Waals surface area contributed by atoms with Gasteiger partial charge < -0.3 is 5.32 Å². The van der Waals surface area contributed by atoms with Gasteiger partial charge in [-0.2, -0.15) is 0 Å². The lowest BCUT2D eigenvalue weighted by atomic mass is 10.1. The first-order valence-electron chi connectivity index (χ1n) is 7.31. The standard InChI is InChI=1S/C18H14F2N2OS/c1-11(14-8-7-13(19)9-15(14)20)21-17(23)16-10-24-18(22-16)12-5-3-2-4-6-12/h2-11H,1H3,(H,21,23)/t11-/m0/s1. The van der Waals surface area contributed by atoms with Crippen LogP contribution in [-0.4, -0.2) is 10.9 Å². The lowest BCUT2D eigenvalue weighted by Gasteiger charge is -2.14. The normalized spacial score (nSPS) is 12.0. The van der Waals surface area contributed by atoms with Crippen molar-refractivity contribution in [3.05, 3.63) is 76.8 Å². The minimum Gasteiger partial charge on any atom is -0.344 e. The Morgan fingerprint density at radius 2 is 1.92 bits per heavy atom. The van der Waals surface area contributed by atoms with Crippen molar-refractivity contribution in [2.75, 3.05) is 0 Å². The summed E-state index contributed by atoms with van der Waals surface area (Å²) in [6.07, 6.45) is 0. The molecule has 1 aromatic heterocycles. The Labute approximate surface area is 142 Å². The summed E-state index contributed by atoms with van der Waals surface area (Å²) in [6, 6.07) is 12.2. The fourth-order valence-electron chi connectivity index (χ4n) is 2.29. The highest BCUT2D eigenvalue weighted by Gasteiger charge is 2.17. The summed E-state index contributed by atoms with van der Waals surface area (Å²) in [5.41, 5.74) is 1.43. The summed E-state index contributed by atoms with van der Waals surface area (Å²) >= 11 is 1.36. The highest BCUT2D eigenvalue weighted by Crippen LogP contribution is 2.24. The van der Waals surface area contributed by atoms with Gasteiger partial charge in [0.15, 0.2) is 0 Å². The highest BCUT2D eigenvalue weighted by atomic mass is 32.1. The number of carbonyl (C=O) groups excluding carboxylic acids is 1. The van der Waals surface area contributed by atoms with Crippen molar-refractivity contribution in [1.29, 1.82) is 0 Å². The van der Waals surface area contributed by atoms with Crippen molar-refractivity contribution in [2.45, 2.75) is 13.0 Å². The molecular formula is C18H14F2N2OS. The number of hydrogen-bond donors (Lipinski definition) is 1. The number of aromatic nitrogens is 1. The predicted molar refractivity (Wildman–Crippen MR) is 89.8 cm³/mol. The Morgan fingerprint density at radius 3 is 2.62 bits per heavy atom. The van der Waals surface area contributed by atoms with Crippen molar-refractivity contribution >= 4 is 17.2 Å². The van der Waals surface area contributed by atoms with Crippen LogP contribution in [0.3, 0.4) is 0 Å². The number of benzene rings is 2. The summed E-state index contributed by atoms with van der Waals surface area (Å²) in [5, 5.41) is 5.08. The van der Waals surface area contributed by atoms with Crippen LogP contribution in [-0.2, 0) is 0 Å². The molecule has 24 heavy (non-hydrogen) atoms. The van der Waals surface area contributed by atoms with Crippen molar-refractivity contribution in [2.24, 2.45) is 0 Å². The molecule has 122 valence electrons. The number of carbonyl (C=O) groups is 1. The molecule has 0 spiro atoms. The largest absolute Gasteiger partial charge is 0.344 e. The van der Waals surface area contributed by atoms with Gasteiger partial charge in [-0.25, -0.2) is 13.8 Å². The van der Waals surface area contributed by atoms with E-state index in [2.05, 4.69) is 10.3 Å². The second-order valence-electron chi connectivity index (χ2n) is 5.26. The van der Waals surface area contributed by atoms with Crippen molar-refractivity contribution in [3.63, 3.8) is 0 Å². The van der Waals surface area contributed by atoms with Crippen LogP contribution in [0.2, 0.25) is 0 Å². The van der Waals surface area contributed by atoms with Crippen LogP contribution in [0.15, 0.2) is 53.9 Å². The Balaban J connectivity index is 1.74. The van der Waals surface area contributed by atoms with Gasteiger partial charge in [0.1, 0.15) is 22.3 Å². The van der Waals surface area contributed by atoms with E-state index in [1.807, 2.05) is 30.3 Å². The van der Waals surface area contributed by atoms with Crippen molar-refractivity contribution < 1.29 is 13.6 Å². The molecule has 6 heteroatoms. The number of nitrogens with one attached hydrogen (secondary N) is 1. The number of thiazole rings is 1. The molecular weight excluding hydrogens is 330 g/mol. The zero-order valence-corrected chi connectivity index (χ0v) is 13.6. The average Bonchev–Trinajstić information content (AvgIpc) is 3.05. The molecule has 0 aliphatic heterocycles. The molecule has 0 fully saturated rings. The zero-order chi connectivity index (χ0) is 17.1. The SMILES string of the molecule is C[C@H](NC(=O)c1csc(-c2ccccc2)n1)c1ccc(F)cc1F. The van der Waals surface area contributed by atoms with Crippen LogP contribution in [0, 0.1) is 11.6 Å². The van der Waals surface area contributed by atoms with Gasteiger partial charge in [-0.1, -0.05) is 36.4 Å². The first-order chi connectivity index (χ1) is 11.5. The molecule has 0 saturated heterocycles. The maximum absolute atomic E-state index is 13.8. The molecule has 0 saturated carbocycles. The van der Waals surface area contributed by atoms with Crippen LogP contribution >= 0.6 is 11.3 Å². The van der Waals surface area contributed by atoms with E-state index in [0.717, 1.165) is 22.7 Å². The third kappa shape index (κ3) is 3.49. The van der Waals surface area contributed by atoms with Gasteiger partial charge in [-0.15, -0.1) is 11.3 Å². The van der Waals surface area contributed by atoms with E-state index in [1.54, 1.807) is 12.3 Å². The van der Waals surface area contributed by atoms with E-state index in [-0.39, 0.29) is 11.3 Å². The van der Waals surface area contributed by atoms with Crippen LogP contribution < -0.4 is 5.32 Å².